The molecule has 1 aromatic rings. The van der Waals surface area contributed by atoms with E-state index in [0.29, 0.717) is 0 Å². The molecule has 0 aliphatic rings. The highest BCUT2D eigenvalue weighted by molar-refractivity contribution is 7.09. The maximum Gasteiger partial charge on any atom is 0.0794 e. The van der Waals surface area contributed by atoms with E-state index in [2.05, 4.69) is 25.8 Å². The minimum absolute atomic E-state index is 0.279. The second-order valence-corrected chi connectivity index (χ2v) is 4.00. The Bertz CT molecular complexity index is 171. The second-order valence-electron chi connectivity index (χ2n) is 3.12. The summed E-state index contributed by atoms with van der Waals surface area (Å²) in [5.41, 5.74) is 2.15. The number of rotatable bonds is 0. The van der Waals surface area contributed by atoms with Gasteiger partial charge in [0.15, 0.2) is 0 Å². The van der Waals surface area contributed by atoms with Crippen molar-refractivity contribution in [2.24, 2.45) is 0 Å². The van der Waals surface area contributed by atoms with E-state index in [1.54, 1.807) is 11.3 Å². The van der Waals surface area contributed by atoms with Crippen LogP contribution in [-0.2, 0) is 5.41 Å². The first-order valence-corrected chi connectivity index (χ1v) is 3.87. The fraction of sp³-hybridized carbons (Fsp3) is 0.571. The molecular weight excluding hydrogens is 130 g/mol. The van der Waals surface area contributed by atoms with E-state index in [4.69, 9.17) is 0 Å². The molecule has 9 heavy (non-hydrogen) atoms. The summed E-state index contributed by atoms with van der Waals surface area (Å²) in [5, 5.41) is 0. The molecule has 1 rings (SSSR count). The van der Waals surface area contributed by atoms with Crippen LogP contribution in [0.15, 0.2) is 11.7 Å². The van der Waals surface area contributed by atoms with E-state index in [-0.39, 0.29) is 5.41 Å². The maximum atomic E-state index is 4.01. The number of aromatic nitrogens is 1. The lowest BCUT2D eigenvalue weighted by molar-refractivity contribution is 0.602. The van der Waals surface area contributed by atoms with E-state index in [1.165, 1.54) is 4.88 Å². The Morgan fingerprint density at radius 2 is 2.11 bits per heavy atom. The fourth-order valence-corrected chi connectivity index (χ4v) is 1.30. The van der Waals surface area contributed by atoms with Crippen LogP contribution in [0.4, 0.5) is 0 Å². The third kappa shape index (κ3) is 1.52. The molecule has 1 nitrogen and oxygen atoms in total. The lowest BCUT2D eigenvalue weighted by Crippen LogP contribution is -2.07. The van der Waals surface area contributed by atoms with Crippen LogP contribution in [0, 0.1) is 0 Å². The maximum absolute atomic E-state index is 4.01. The van der Waals surface area contributed by atoms with Crippen molar-refractivity contribution < 1.29 is 0 Å². The van der Waals surface area contributed by atoms with Gasteiger partial charge in [0.25, 0.3) is 0 Å². The molecule has 0 saturated carbocycles. The van der Waals surface area contributed by atoms with Gasteiger partial charge in [0.05, 0.1) is 5.51 Å². The molecule has 0 bridgehead atoms. The molecule has 0 unspecified atom stereocenters. The van der Waals surface area contributed by atoms with E-state index >= 15 is 0 Å². The largest absolute Gasteiger partial charge is 0.253 e. The van der Waals surface area contributed by atoms with E-state index < -0.39 is 0 Å². The van der Waals surface area contributed by atoms with Gasteiger partial charge in [-0.2, -0.15) is 0 Å². The van der Waals surface area contributed by atoms with Gasteiger partial charge in [0, 0.05) is 11.1 Å². The first-order chi connectivity index (χ1) is 4.11. The first kappa shape index (κ1) is 6.75. The summed E-state index contributed by atoms with van der Waals surface area (Å²) in [5.74, 6) is 0. The van der Waals surface area contributed by atoms with Gasteiger partial charge < -0.3 is 0 Å². The Balaban J connectivity index is 2.90. The molecule has 0 aliphatic carbocycles. The van der Waals surface area contributed by atoms with Crippen LogP contribution in [0.5, 0.6) is 0 Å². The zero-order chi connectivity index (χ0) is 6.91. The van der Waals surface area contributed by atoms with Gasteiger partial charge in [-0.25, -0.2) is 0 Å². The predicted octanol–water partition coefficient (Wildman–Crippen LogP) is 2.44. The van der Waals surface area contributed by atoms with E-state index in [9.17, 15) is 0 Å². The Labute approximate surface area is 59.8 Å². The smallest absolute Gasteiger partial charge is 0.0794 e. The number of hydrogen-bond acceptors (Lipinski definition) is 2. The number of hydrogen-bond donors (Lipinski definition) is 0. The fourth-order valence-electron chi connectivity index (χ4n) is 0.586. The number of nitrogens with zero attached hydrogens (tertiary/aromatic N) is 1. The van der Waals surface area contributed by atoms with Crippen LogP contribution in [0.1, 0.15) is 25.6 Å². The quantitative estimate of drug-likeness (QED) is 0.540. The van der Waals surface area contributed by atoms with Crippen molar-refractivity contribution >= 4 is 11.3 Å². The predicted molar refractivity (Wildman–Crippen MR) is 40.8 cm³/mol. The van der Waals surface area contributed by atoms with Gasteiger partial charge in [-0.1, -0.05) is 20.8 Å². The molecule has 0 aromatic carbocycles. The molecule has 2 heteroatoms. The Morgan fingerprint density at radius 1 is 1.44 bits per heavy atom. The average Bonchev–Trinajstić information content (AvgIpc) is 2.08. The van der Waals surface area contributed by atoms with Gasteiger partial charge in [0.2, 0.25) is 0 Å². The van der Waals surface area contributed by atoms with Gasteiger partial charge in [-0.15, -0.1) is 11.3 Å². The Hall–Kier alpha value is -0.370. The van der Waals surface area contributed by atoms with Crippen LogP contribution in [-0.4, -0.2) is 4.98 Å². The SMILES string of the molecule is CC(C)(C)c1cncs1. The molecule has 1 heterocycles. The molecule has 0 fully saturated rings. The zero-order valence-electron chi connectivity index (χ0n) is 6.01. The minimum Gasteiger partial charge on any atom is -0.253 e. The Morgan fingerprint density at radius 3 is 2.33 bits per heavy atom. The highest BCUT2D eigenvalue weighted by Gasteiger charge is 2.14. The van der Waals surface area contributed by atoms with Gasteiger partial charge >= 0.3 is 0 Å². The van der Waals surface area contributed by atoms with Crippen LogP contribution in [0.3, 0.4) is 0 Å². The molecular formula is C7H11NS. The molecule has 0 N–H and O–H groups in total. The monoisotopic (exact) mass is 141 g/mol. The first-order valence-electron chi connectivity index (χ1n) is 2.99. The molecule has 50 valence electrons. The minimum atomic E-state index is 0.279. The number of thiazole rings is 1. The molecule has 0 amide bonds. The summed E-state index contributed by atoms with van der Waals surface area (Å²) < 4.78 is 0. The van der Waals surface area contributed by atoms with Crippen LogP contribution >= 0.6 is 11.3 Å². The third-order valence-corrected chi connectivity index (χ3v) is 2.37. The molecule has 1 aromatic heterocycles. The zero-order valence-corrected chi connectivity index (χ0v) is 6.83. The van der Waals surface area contributed by atoms with E-state index in [0.717, 1.165) is 0 Å². The van der Waals surface area contributed by atoms with Crippen LogP contribution in [0.25, 0.3) is 0 Å². The summed E-state index contributed by atoms with van der Waals surface area (Å²) in [7, 11) is 0. The van der Waals surface area contributed by atoms with Crippen molar-refractivity contribution in [2.75, 3.05) is 0 Å². The van der Waals surface area contributed by atoms with Gasteiger partial charge in [0.1, 0.15) is 0 Å². The lowest BCUT2D eigenvalue weighted by atomic mass is 9.96. The normalized spacial score (nSPS) is 11.9. The lowest BCUT2D eigenvalue weighted by Gasteiger charge is -2.13. The van der Waals surface area contributed by atoms with Gasteiger partial charge in [-0.05, 0) is 5.41 Å². The topological polar surface area (TPSA) is 12.9 Å². The van der Waals surface area contributed by atoms with Crippen molar-refractivity contribution in [2.45, 2.75) is 26.2 Å². The summed E-state index contributed by atoms with van der Waals surface area (Å²) in [6.07, 6.45) is 1.94. The molecule has 0 atom stereocenters. The van der Waals surface area contributed by atoms with Crippen molar-refractivity contribution in [3.8, 4) is 0 Å². The van der Waals surface area contributed by atoms with Crippen molar-refractivity contribution in [1.29, 1.82) is 0 Å². The summed E-state index contributed by atoms with van der Waals surface area (Å²) in [4.78, 5) is 5.36. The van der Waals surface area contributed by atoms with E-state index in [1.807, 2.05) is 11.7 Å². The Kier molecular flexibility index (Phi) is 1.58. The summed E-state index contributed by atoms with van der Waals surface area (Å²) in [6, 6.07) is 0. The average molecular weight is 141 g/mol. The van der Waals surface area contributed by atoms with Crippen LogP contribution in [0.2, 0.25) is 0 Å². The molecule has 0 spiro atoms. The molecule has 0 aliphatic heterocycles. The highest BCUT2D eigenvalue weighted by Crippen LogP contribution is 2.24. The highest BCUT2D eigenvalue weighted by atomic mass is 32.1. The molecule has 0 saturated heterocycles. The van der Waals surface area contributed by atoms with Crippen molar-refractivity contribution in [3.63, 3.8) is 0 Å². The molecule has 0 radical (unpaired) electrons. The van der Waals surface area contributed by atoms with Gasteiger partial charge in [-0.3, -0.25) is 4.98 Å². The standard InChI is InChI=1S/C7H11NS/c1-7(2,3)6-4-8-5-9-6/h4-5H,1-3H3. The van der Waals surface area contributed by atoms with Crippen LogP contribution < -0.4 is 0 Å². The second kappa shape index (κ2) is 2.10. The van der Waals surface area contributed by atoms with Crippen molar-refractivity contribution in [1.82, 2.24) is 4.98 Å². The third-order valence-electron chi connectivity index (χ3n) is 1.17. The summed E-state index contributed by atoms with van der Waals surface area (Å²) in [6.45, 7) is 6.58. The summed E-state index contributed by atoms with van der Waals surface area (Å²) >= 11 is 1.72. The van der Waals surface area contributed by atoms with Crippen molar-refractivity contribution in [3.05, 3.63) is 16.6 Å².